The van der Waals surface area contributed by atoms with E-state index in [2.05, 4.69) is 16.7 Å². The Hall–Kier alpha value is -0.990. The van der Waals surface area contributed by atoms with Gasteiger partial charge < -0.3 is 10.6 Å². The van der Waals surface area contributed by atoms with E-state index in [1.807, 2.05) is 6.92 Å². The summed E-state index contributed by atoms with van der Waals surface area (Å²) in [6.07, 6.45) is 3.88. The number of hydrogen-bond donors (Lipinski definition) is 2. The minimum Gasteiger partial charge on any atom is -0.338 e. The maximum absolute atomic E-state index is 10.8. The average molecular weight is 140 g/mol. The summed E-state index contributed by atoms with van der Waals surface area (Å²) < 4.78 is 0. The summed E-state index contributed by atoms with van der Waals surface area (Å²) in [6.45, 7) is 2.77. The lowest BCUT2D eigenvalue weighted by atomic mass is 10.3. The van der Waals surface area contributed by atoms with Crippen LogP contribution in [0.4, 0.5) is 4.79 Å². The molecule has 0 aromatic heterocycles. The predicted molar refractivity (Wildman–Crippen MR) is 39.5 cm³/mol. The standard InChI is InChI=1S/C7H12N2O/c1-2-6-4-3-5-8-7(10)9-6/h4H,2-3,5H2,1H3,(H2,8,9,10). The first kappa shape index (κ1) is 7.12. The van der Waals surface area contributed by atoms with E-state index >= 15 is 0 Å². The van der Waals surface area contributed by atoms with Crippen LogP contribution in [0.1, 0.15) is 19.8 Å². The molecule has 0 unspecified atom stereocenters. The first-order valence-electron chi connectivity index (χ1n) is 3.57. The van der Waals surface area contributed by atoms with Crippen molar-refractivity contribution in [2.45, 2.75) is 19.8 Å². The Labute approximate surface area is 60.5 Å². The van der Waals surface area contributed by atoms with Crippen LogP contribution in [0.15, 0.2) is 11.8 Å². The Kier molecular flexibility index (Phi) is 2.31. The number of nitrogens with one attached hydrogen (secondary N) is 2. The second kappa shape index (κ2) is 3.25. The van der Waals surface area contributed by atoms with Gasteiger partial charge in [0.2, 0.25) is 0 Å². The molecule has 0 radical (unpaired) electrons. The van der Waals surface area contributed by atoms with Crippen molar-refractivity contribution in [2.24, 2.45) is 0 Å². The van der Waals surface area contributed by atoms with Gasteiger partial charge in [0.1, 0.15) is 0 Å². The van der Waals surface area contributed by atoms with E-state index in [4.69, 9.17) is 0 Å². The molecule has 56 valence electrons. The van der Waals surface area contributed by atoms with E-state index in [1.165, 1.54) is 0 Å². The maximum atomic E-state index is 10.8. The third-order valence-corrected chi connectivity index (χ3v) is 1.48. The van der Waals surface area contributed by atoms with E-state index in [1.54, 1.807) is 0 Å². The molecule has 10 heavy (non-hydrogen) atoms. The Morgan fingerprint density at radius 2 is 2.50 bits per heavy atom. The van der Waals surface area contributed by atoms with Crippen molar-refractivity contribution in [3.8, 4) is 0 Å². The minimum atomic E-state index is -0.0781. The lowest BCUT2D eigenvalue weighted by Gasteiger charge is -2.02. The number of amides is 2. The topological polar surface area (TPSA) is 41.1 Å². The molecule has 3 nitrogen and oxygen atoms in total. The zero-order valence-corrected chi connectivity index (χ0v) is 6.11. The molecule has 1 aliphatic heterocycles. The third kappa shape index (κ3) is 1.76. The van der Waals surface area contributed by atoms with Crippen molar-refractivity contribution >= 4 is 6.03 Å². The number of hydrogen-bond acceptors (Lipinski definition) is 1. The van der Waals surface area contributed by atoms with Gasteiger partial charge in [-0.3, -0.25) is 0 Å². The SMILES string of the molecule is CCC1=CCCNC(=O)N1. The summed E-state index contributed by atoms with van der Waals surface area (Å²) in [6, 6.07) is -0.0781. The average Bonchev–Trinajstić information content (AvgIpc) is 2.13. The normalized spacial score (nSPS) is 18.5. The largest absolute Gasteiger partial charge is 0.338 e. The quantitative estimate of drug-likeness (QED) is 0.560. The highest BCUT2D eigenvalue weighted by molar-refractivity contribution is 5.76. The molecule has 0 atom stereocenters. The summed E-state index contributed by atoms with van der Waals surface area (Å²) >= 11 is 0. The summed E-state index contributed by atoms with van der Waals surface area (Å²) in [5.41, 5.74) is 1.02. The van der Waals surface area contributed by atoms with Gasteiger partial charge in [-0.25, -0.2) is 4.79 Å². The molecule has 0 saturated heterocycles. The van der Waals surface area contributed by atoms with Crippen LogP contribution in [0, 0.1) is 0 Å². The van der Waals surface area contributed by atoms with E-state index in [-0.39, 0.29) is 6.03 Å². The summed E-state index contributed by atoms with van der Waals surface area (Å²) in [5.74, 6) is 0. The first-order chi connectivity index (χ1) is 4.83. The van der Waals surface area contributed by atoms with E-state index in [0.29, 0.717) is 0 Å². The van der Waals surface area contributed by atoms with Gasteiger partial charge in [-0.05, 0) is 12.8 Å². The summed E-state index contributed by atoms with van der Waals surface area (Å²) in [4.78, 5) is 10.8. The Balaban J connectivity index is 2.54. The van der Waals surface area contributed by atoms with Gasteiger partial charge >= 0.3 is 6.03 Å². The monoisotopic (exact) mass is 140 g/mol. The molecule has 0 bridgehead atoms. The van der Waals surface area contributed by atoms with Crippen LogP contribution in [0.5, 0.6) is 0 Å². The van der Waals surface area contributed by atoms with Crippen molar-refractivity contribution in [3.63, 3.8) is 0 Å². The van der Waals surface area contributed by atoms with Crippen molar-refractivity contribution < 1.29 is 4.79 Å². The molecule has 1 heterocycles. The van der Waals surface area contributed by atoms with Crippen LogP contribution in [0.25, 0.3) is 0 Å². The van der Waals surface area contributed by atoms with Crippen LogP contribution >= 0.6 is 0 Å². The molecule has 1 rings (SSSR count). The zero-order valence-electron chi connectivity index (χ0n) is 6.11. The lowest BCUT2D eigenvalue weighted by Crippen LogP contribution is -2.32. The van der Waals surface area contributed by atoms with Crippen molar-refractivity contribution in [1.29, 1.82) is 0 Å². The molecule has 0 aromatic rings. The number of rotatable bonds is 1. The van der Waals surface area contributed by atoms with Crippen molar-refractivity contribution in [3.05, 3.63) is 11.8 Å². The van der Waals surface area contributed by atoms with E-state index in [0.717, 1.165) is 25.1 Å². The fourth-order valence-corrected chi connectivity index (χ4v) is 0.906. The van der Waals surface area contributed by atoms with Crippen molar-refractivity contribution in [2.75, 3.05) is 6.54 Å². The van der Waals surface area contributed by atoms with Crippen LogP contribution in [0.3, 0.4) is 0 Å². The third-order valence-electron chi connectivity index (χ3n) is 1.48. The second-order valence-electron chi connectivity index (χ2n) is 2.25. The van der Waals surface area contributed by atoms with Crippen LogP contribution in [-0.2, 0) is 0 Å². The van der Waals surface area contributed by atoms with Gasteiger partial charge in [0.15, 0.2) is 0 Å². The maximum Gasteiger partial charge on any atom is 0.318 e. The molecule has 0 aliphatic carbocycles. The smallest absolute Gasteiger partial charge is 0.318 e. The van der Waals surface area contributed by atoms with Gasteiger partial charge in [0.05, 0.1) is 0 Å². The zero-order chi connectivity index (χ0) is 7.40. The molecule has 2 N–H and O–H groups in total. The minimum absolute atomic E-state index is 0.0781. The molecule has 0 aromatic carbocycles. The molecule has 0 fully saturated rings. The fraction of sp³-hybridized carbons (Fsp3) is 0.571. The Bertz CT molecular complexity index is 163. The molecule has 0 spiro atoms. The van der Waals surface area contributed by atoms with Crippen LogP contribution < -0.4 is 10.6 Å². The van der Waals surface area contributed by atoms with Gasteiger partial charge in [-0.15, -0.1) is 0 Å². The highest BCUT2D eigenvalue weighted by Crippen LogP contribution is 1.99. The number of carbonyl (C=O) groups excluding carboxylic acids is 1. The molecular formula is C7H12N2O. The first-order valence-corrected chi connectivity index (χ1v) is 3.57. The molecule has 2 amide bonds. The second-order valence-corrected chi connectivity index (χ2v) is 2.25. The molecule has 1 aliphatic rings. The highest BCUT2D eigenvalue weighted by Gasteiger charge is 2.04. The fourth-order valence-electron chi connectivity index (χ4n) is 0.906. The van der Waals surface area contributed by atoms with Gasteiger partial charge in [-0.1, -0.05) is 13.0 Å². The van der Waals surface area contributed by atoms with E-state index in [9.17, 15) is 4.79 Å². The highest BCUT2D eigenvalue weighted by atomic mass is 16.2. The van der Waals surface area contributed by atoms with Crippen LogP contribution in [-0.4, -0.2) is 12.6 Å². The lowest BCUT2D eigenvalue weighted by molar-refractivity contribution is 0.244. The summed E-state index contributed by atoms with van der Waals surface area (Å²) in [5, 5.41) is 5.45. The predicted octanol–water partition coefficient (Wildman–Crippen LogP) is 0.983. The Morgan fingerprint density at radius 3 is 3.20 bits per heavy atom. The van der Waals surface area contributed by atoms with Gasteiger partial charge in [-0.2, -0.15) is 0 Å². The molecule has 0 saturated carbocycles. The van der Waals surface area contributed by atoms with Crippen LogP contribution in [0.2, 0.25) is 0 Å². The van der Waals surface area contributed by atoms with E-state index < -0.39 is 0 Å². The molecular weight excluding hydrogens is 128 g/mol. The number of carbonyl (C=O) groups is 1. The molecule has 3 heteroatoms. The number of allylic oxidation sites excluding steroid dienone is 1. The van der Waals surface area contributed by atoms with Crippen molar-refractivity contribution in [1.82, 2.24) is 10.6 Å². The van der Waals surface area contributed by atoms with Gasteiger partial charge in [0.25, 0.3) is 0 Å². The summed E-state index contributed by atoms with van der Waals surface area (Å²) in [7, 11) is 0. The Morgan fingerprint density at radius 1 is 1.70 bits per heavy atom. The van der Waals surface area contributed by atoms with Gasteiger partial charge in [0, 0.05) is 12.2 Å². The number of urea groups is 1.